The van der Waals surface area contributed by atoms with E-state index in [1.54, 1.807) is 36.4 Å². The Morgan fingerprint density at radius 3 is 2.48 bits per heavy atom. The molecule has 0 aromatic heterocycles. The molecule has 0 bridgehead atoms. The van der Waals surface area contributed by atoms with E-state index < -0.39 is 27.9 Å². The highest BCUT2D eigenvalue weighted by molar-refractivity contribution is 7.93. The Hall–Kier alpha value is -2.87. The summed E-state index contributed by atoms with van der Waals surface area (Å²) in [5.41, 5.74) is 1.42. The van der Waals surface area contributed by atoms with Gasteiger partial charge in [-0.1, -0.05) is 36.4 Å². The first kappa shape index (κ1) is 18.9. The van der Waals surface area contributed by atoms with E-state index in [1.165, 1.54) is 16.4 Å². The van der Waals surface area contributed by atoms with Gasteiger partial charge < -0.3 is 10.4 Å². The summed E-state index contributed by atoms with van der Waals surface area (Å²) in [5.74, 6) is -1.61. The number of sulfonamides is 1. The average Bonchev–Trinajstić information content (AvgIpc) is 3.01. The van der Waals surface area contributed by atoms with Gasteiger partial charge in [-0.3, -0.25) is 9.10 Å². The second kappa shape index (κ2) is 7.79. The molecule has 2 aromatic rings. The first-order valence-corrected chi connectivity index (χ1v) is 10.2. The number of benzene rings is 2. The van der Waals surface area contributed by atoms with E-state index in [2.05, 4.69) is 5.32 Å². The lowest BCUT2D eigenvalue weighted by Crippen LogP contribution is -2.42. The minimum absolute atomic E-state index is 0.0849. The maximum absolute atomic E-state index is 12.5. The number of carbonyl (C=O) groups excluding carboxylic acids is 1. The van der Waals surface area contributed by atoms with E-state index in [0.717, 1.165) is 5.56 Å². The zero-order valence-electron chi connectivity index (χ0n) is 14.5. The maximum atomic E-state index is 12.5. The van der Waals surface area contributed by atoms with Gasteiger partial charge in [0.1, 0.15) is 6.04 Å². The fourth-order valence-electron chi connectivity index (χ4n) is 3.02. The van der Waals surface area contributed by atoms with Crippen LogP contribution in [0.4, 0.5) is 5.69 Å². The van der Waals surface area contributed by atoms with Crippen LogP contribution in [0.25, 0.3) is 0 Å². The summed E-state index contributed by atoms with van der Waals surface area (Å²) in [5, 5.41) is 11.9. The largest absolute Gasteiger partial charge is 0.480 e. The molecule has 0 unspecified atom stereocenters. The maximum Gasteiger partial charge on any atom is 0.326 e. The molecule has 1 aliphatic heterocycles. The first-order valence-electron chi connectivity index (χ1n) is 8.55. The summed E-state index contributed by atoms with van der Waals surface area (Å²) in [6, 6.07) is 14.1. The summed E-state index contributed by atoms with van der Waals surface area (Å²) >= 11 is 0. The van der Waals surface area contributed by atoms with Gasteiger partial charge in [0.2, 0.25) is 10.0 Å². The molecule has 0 radical (unpaired) electrons. The van der Waals surface area contributed by atoms with E-state index in [1.807, 2.05) is 6.07 Å². The first-order chi connectivity index (χ1) is 12.9. The quantitative estimate of drug-likeness (QED) is 0.783. The molecule has 1 heterocycles. The van der Waals surface area contributed by atoms with Crippen molar-refractivity contribution in [1.29, 1.82) is 0 Å². The highest BCUT2D eigenvalue weighted by Crippen LogP contribution is 2.24. The molecule has 0 saturated carbocycles. The van der Waals surface area contributed by atoms with E-state index >= 15 is 0 Å². The number of hydrogen-bond acceptors (Lipinski definition) is 4. The molecule has 1 aliphatic rings. The predicted molar refractivity (Wildman–Crippen MR) is 101 cm³/mol. The van der Waals surface area contributed by atoms with Crippen LogP contribution in [0.2, 0.25) is 0 Å². The number of carbonyl (C=O) groups is 2. The van der Waals surface area contributed by atoms with E-state index in [-0.39, 0.29) is 17.7 Å². The average molecular weight is 388 g/mol. The molecule has 0 aliphatic carbocycles. The molecule has 142 valence electrons. The molecule has 1 amide bonds. The Bertz CT molecular complexity index is 944. The fraction of sp³-hybridized carbons (Fsp3) is 0.263. The second-order valence-corrected chi connectivity index (χ2v) is 8.36. The van der Waals surface area contributed by atoms with Crippen molar-refractivity contribution in [3.63, 3.8) is 0 Å². The van der Waals surface area contributed by atoms with Gasteiger partial charge >= 0.3 is 5.97 Å². The van der Waals surface area contributed by atoms with Crippen LogP contribution in [0.3, 0.4) is 0 Å². The highest BCUT2D eigenvalue weighted by Gasteiger charge is 2.29. The molecule has 2 aromatic carbocycles. The van der Waals surface area contributed by atoms with E-state index in [9.17, 15) is 23.1 Å². The molecular weight excluding hydrogens is 368 g/mol. The number of rotatable bonds is 6. The van der Waals surface area contributed by atoms with Gasteiger partial charge in [0.05, 0.1) is 11.4 Å². The number of hydrogen-bond donors (Lipinski definition) is 2. The van der Waals surface area contributed by atoms with Crippen LogP contribution in [0.5, 0.6) is 0 Å². The van der Waals surface area contributed by atoms with Crippen molar-refractivity contribution < 1.29 is 23.1 Å². The molecular formula is C19H20N2O5S. The highest BCUT2D eigenvalue weighted by atomic mass is 32.2. The number of anilines is 1. The van der Waals surface area contributed by atoms with Crippen LogP contribution >= 0.6 is 0 Å². The molecule has 3 rings (SSSR count). The Morgan fingerprint density at radius 1 is 1.11 bits per heavy atom. The van der Waals surface area contributed by atoms with Crippen LogP contribution in [-0.4, -0.2) is 43.7 Å². The van der Waals surface area contributed by atoms with Gasteiger partial charge in [-0.15, -0.1) is 0 Å². The number of aliphatic carboxylic acids is 1. The van der Waals surface area contributed by atoms with Crippen LogP contribution in [-0.2, 0) is 21.2 Å². The molecule has 2 N–H and O–H groups in total. The second-order valence-electron chi connectivity index (χ2n) is 6.35. The lowest BCUT2D eigenvalue weighted by Gasteiger charge is -2.18. The van der Waals surface area contributed by atoms with Crippen molar-refractivity contribution in [3.8, 4) is 0 Å². The Labute approximate surface area is 157 Å². The molecule has 27 heavy (non-hydrogen) atoms. The Kier molecular flexibility index (Phi) is 5.46. The topological polar surface area (TPSA) is 104 Å². The van der Waals surface area contributed by atoms with Crippen molar-refractivity contribution in [1.82, 2.24) is 5.32 Å². The molecule has 1 saturated heterocycles. The van der Waals surface area contributed by atoms with Gasteiger partial charge in [-0.2, -0.15) is 0 Å². The lowest BCUT2D eigenvalue weighted by molar-refractivity contribution is -0.139. The summed E-state index contributed by atoms with van der Waals surface area (Å²) in [7, 11) is -3.35. The smallest absolute Gasteiger partial charge is 0.326 e. The van der Waals surface area contributed by atoms with Crippen molar-refractivity contribution in [2.45, 2.75) is 18.9 Å². The monoisotopic (exact) mass is 388 g/mol. The van der Waals surface area contributed by atoms with Gasteiger partial charge in [-0.25, -0.2) is 13.2 Å². The van der Waals surface area contributed by atoms with Crippen LogP contribution < -0.4 is 9.62 Å². The molecule has 8 heteroatoms. The van der Waals surface area contributed by atoms with E-state index in [4.69, 9.17) is 0 Å². The molecule has 0 spiro atoms. The van der Waals surface area contributed by atoms with Gasteiger partial charge in [0.15, 0.2) is 0 Å². The standard InChI is InChI=1S/C19H20N2O5S/c22-18(20-17(19(23)24)12-14-6-2-1-3-7-14)15-8-4-9-16(13-15)21-10-5-11-27(21,25)26/h1-4,6-9,13,17H,5,10-12H2,(H,20,22)(H,23,24)/t17-/m0/s1. The third-order valence-corrected chi connectivity index (χ3v) is 6.25. The zero-order chi connectivity index (χ0) is 19.4. The summed E-state index contributed by atoms with van der Waals surface area (Å²) in [4.78, 5) is 24.1. The molecule has 1 atom stereocenters. The third kappa shape index (κ3) is 4.46. The molecule has 7 nitrogen and oxygen atoms in total. The number of carboxylic acids is 1. The summed E-state index contributed by atoms with van der Waals surface area (Å²) < 4.78 is 25.4. The Morgan fingerprint density at radius 2 is 1.85 bits per heavy atom. The number of amides is 1. The fourth-order valence-corrected chi connectivity index (χ4v) is 4.58. The van der Waals surface area contributed by atoms with Crippen molar-refractivity contribution >= 4 is 27.6 Å². The van der Waals surface area contributed by atoms with Gasteiger partial charge in [0.25, 0.3) is 5.91 Å². The number of nitrogens with zero attached hydrogens (tertiary/aromatic N) is 1. The summed E-state index contributed by atoms with van der Waals surface area (Å²) in [6.45, 7) is 0.374. The van der Waals surface area contributed by atoms with Crippen molar-refractivity contribution in [2.24, 2.45) is 0 Å². The minimum Gasteiger partial charge on any atom is -0.480 e. The normalized spacial score (nSPS) is 16.7. The minimum atomic E-state index is -3.35. The number of nitrogens with one attached hydrogen (secondary N) is 1. The lowest BCUT2D eigenvalue weighted by atomic mass is 10.1. The van der Waals surface area contributed by atoms with Crippen LogP contribution in [0.15, 0.2) is 54.6 Å². The predicted octanol–water partition coefficient (Wildman–Crippen LogP) is 1.65. The Balaban J connectivity index is 1.76. The van der Waals surface area contributed by atoms with Crippen molar-refractivity contribution in [2.75, 3.05) is 16.6 Å². The third-order valence-electron chi connectivity index (χ3n) is 4.38. The van der Waals surface area contributed by atoms with Gasteiger partial charge in [-0.05, 0) is 30.2 Å². The van der Waals surface area contributed by atoms with Gasteiger partial charge in [0, 0.05) is 18.5 Å². The van der Waals surface area contributed by atoms with E-state index in [0.29, 0.717) is 18.7 Å². The molecule has 1 fully saturated rings. The number of carboxylic acid groups (broad SMARTS) is 1. The van der Waals surface area contributed by atoms with Crippen LogP contribution in [0, 0.1) is 0 Å². The van der Waals surface area contributed by atoms with Crippen molar-refractivity contribution in [3.05, 3.63) is 65.7 Å². The SMILES string of the molecule is O=C(N[C@@H](Cc1ccccc1)C(=O)O)c1cccc(N2CCCS2(=O)=O)c1. The van der Waals surface area contributed by atoms with Crippen LogP contribution in [0.1, 0.15) is 22.3 Å². The summed E-state index contributed by atoms with van der Waals surface area (Å²) in [6.07, 6.45) is 0.693. The zero-order valence-corrected chi connectivity index (χ0v) is 15.4.